The summed E-state index contributed by atoms with van der Waals surface area (Å²) in [5.74, 6) is 0.825. The number of hydrogen-bond donors (Lipinski definition) is 0. The largest absolute Gasteiger partial charge is 0.464 e. The van der Waals surface area contributed by atoms with Gasteiger partial charge < -0.3 is 9.15 Å². The maximum atomic E-state index is 5.76. The number of furan rings is 1. The SMILES string of the molecule is CCOc1nc(Cl)nc(-c2occc2Br)n1. The molecule has 0 aromatic carbocycles. The minimum Gasteiger partial charge on any atom is -0.464 e. The Labute approximate surface area is 105 Å². The predicted molar refractivity (Wildman–Crippen MR) is 61.4 cm³/mol. The Kier molecular flexibility index (Phi) is 3.40. The molecule has 2 aromatic rings. The lowest BCUT2D eigenvalue weighted by Gasteiger charge is -2.02. The maximum absolute atomic E-state index is 5.76. The molecule has 2 rings (SSSR count). The van der Waals surface area contributed by atoms with Crippen molar-refractivity contribution >= 4 is 27.5 Å². The lowest BCUT2D eigenvalue weighted by molar-refractivity contribution is 0.311. The fourth-order valence-corrected chi connectivity index (χ4v) is 1.61. The van der Waals surface area contributed by atoms with Gasteiger partial charge in [-0.15, -0.1) is 0 Å². The Hall–Kier alpha value is -1.14. The van der Waals surface area contributed by atoms with E-state index < -0.39 is 0 Å². The van der Waals surface area contributed by atoms with E-state index in [1.54, 1.807) is 6.07 Å². The molecule has 0 amide bonds. The molecule has 0 N–H and O–H groups in total. The molecular formula is C9H7BrClN3O2. The summed E-state index contributed by atoms with van der Waals surface area (Å²) in [5, 5.41) is 0.0664. The third kappa shape index (κ3) is 2.33. The van der Waals surface area contributed by atoms with Crippen LogP contribution >= 0.6 is 27.5 Å². The zero-order valence-electron chi connectivity index (χ0n) is 8.28. The van der Waals surface area contributed by atoms with Crippen molar-refractivity contribution in [2.45, 2.75) is 6.92 Å². The lowest BCUT2D eigenvalue weighted by Crippen LogP contribution is -2.01. The van der Waals surface area contributed by atoms with Gasteiger partial charge in [0.1, 0.15) is 0 Å². The smallest absolute Gasteiger partial charge is 0.321 e. The van der Waals surface area contributed by atoms with Crippen molar-refractivity contribution in [1.82, 2.24) is 15.0 Å². The van der Waals surface area contributed by atoms with Crippen LogP contribution in [-0.4, -0.2) is 21.6 Å². The summed E-state index contributed by atoms with van der Waals surface area (Å²) in [4.78, 5) is 11.9. The molecule has 0 aliphatic heterocycles. The standard InChI is InChI=1S/C9H7BrClN3O2/c1-2-15-9-13-7(12-8(11)14-9)6-5(10)3-4-16-6/h3-4H,2H2,1H3. The van der Waals surface area contributed by atoms with Crippen LogP contribution in [-0.2, 0) is 0 Å². The van der Waals surface area contributed by atoms with Crippen LogP contribution in [0.1, 0.15) is 6.92 Å². The molecule has 5 nitrogen and oxygen atoms in total. The van der Waals surface area contributed by atoms with Gasteiger partial charge in [0.15, 0.2) is 5.76 Å². The molecule has 0 spiro atoms. The van der Waals surface area contributed by atoms with Gasteiger partial charge in [0.25, 0.3) is 0 Å². The normalized spacial score (nSPS) is 10.4. The van der Waals surface area contributed by atoms with Gasteiger partial charge in [-0.3, -0.25) is 0 Å². The Balaban J connectivity index is 2.45. The fraction of sp³-hybridized carbons (Fsp3) is 0.222. The minimum absolute atomic E-state index is 0.0664. The van der Waals surface area contributed by atoms with Crippen LogP contribution in [0.3, 0.4) is 0 Å². The number of rotatable bonds is 3. The Morgan fingerprint density at radius 2 is 2.25 bits per heavy atom. The van der Waals surface area contributed by atoms with E-state index in [0.29, 0.717) is 18.2 Å². The molecule has 0 radical (unpaired) electrons. The molecule has 7 heteroatoms. The average Bonchev–Trinajstić information content (AvgIpc) is 2.64. The van der Waals surface area contributed by atoms with Crippen molar-refractivity contribution in [3.05, 3.63) is 22.1 Å². The monoisotopic (exact) mass is 303 g/mol. The van der Waals surface area contributed by atoms with Gasteiger partial charge in [-0.2, -0.15) is 15.0 Å². The molecule has 0 atom stereocenters. The highest BCUT2D eigenvalue weighted by molar-refractivity contribution is 9.10. The van der Waals surface area contributed by atoms with Crippen LogP contribution in [0.15, 0.2) is 21.2 Å². The van der Waals surface area contributed by atoms with E-state index in [0.717, 1.165) is 4.47 Å². The molecule has 0 saturated heterocycles. The van der Waals surface area contributed by atoms with Crippen LogP contribution in [0.25, 0.3) is 11.6 Å². The van der Waals surface area contributed by atoms with Gasteiger partial charge in [-0.25, -0.2) is 0 Å². The second kappa shape index (κ2) is 4.80. The van der Waals surface area contributed by atoms with Gasteiger partial charge >= 0.3 is 6.01 Å². The van der Waals surface area contributed by atoms with Crippen molar-refractivity contribution in [3.63, 3.8) is 0 Å². The molecule has 84 valence electrons. The van der Waals surface area contributed by atoms with E-state index in [9.17, 15) is 0 Å². The summed E-state index contributed by atoms with van der Waals surface area (Å²) in [6.45, 7) is 2.29. The second-order valence-electron chi connectivity index (χ2n) is 2.74. The third-order valence-electron chi connectivity index (χ3n) is 1.68. The van der Waals surface area contributed by atoms with Crippen molar-refractivity contribution in [2.75, 3.05) is 6.61 Å². The van der Waals surface area contributed by atoms with E-state index in [-0.39, 0.29) is 11.3 Å². The predicted octanol–water partition coefficient (Wildman–Crippen LogP) is 2.95. The molecule has 16 heavy (non-hydrogen) atoms. The minimum atomic E-state index is 0.0664. The van der Waals surface area contributed by atoms with Crippen molar-refractivity contribution in [2.24, 2.45) is 0 Å². The van der Waals surface area contributed by atoms with Crippen LogP contribution in [0.4, 0.5) is 0 Å². The van der Waals surface area contributed by atoms with Gasteiger partial charge in [0.2, 0.25) is 11.1 Å². The third-order valence-corrected chi connectivity index (χ3v) is 2.47. The van der Waals surface area contributed by atoms with Crippen molar-refractivity contribution in [3.8, 4) is 17.6 Å². The topological polar surface area (TPSA) is 61.0 Å². The summed E-state index contributed by atoms with van der Waals surface area (Å²) in [6.07, 6.45) is 1.53. The molecule has 0 fully saturated rings. The van der Waals surface area contributed by atoms with Crippen molar-refractivity contribution in [1.29, 1.82) is 0 Å². The van der Waals surface area contributed by atoms with Crippen molar-refractivity contribution < 1.29 is 9.15 Å². The van der Waals surface area contributed by atoms with Gasteiger partial charge in [-0.05, 0) is 40.5 Å². The number of halogens is 2. The quantitative estimate of drug-likeness (QED) is 0.872. The molecule has 2 aromatic heterocycles. The molecule has 2 heterocycles. The fourth-order valence-electron chi connectivity index (χ4n) is 1.08. The molecule has 0 aliphatic carbocycles. The molecule has 0 saturated carbocycles. The Bertz CT molecular complexity index is 503. The Morgan fingerprint density at radius 3 is 2.88 bits per heavy atom. The number of ether oxygens (including phenoxy) is 1. The first-order chi connectivity index (χ1) is 7.70. The highest BCUT2D eigenvalue weighted by Crippen LogP contribution is 2.27. The second-order valence-corrected chi connectivity index (χ2v) is 3.93. The maximum Gasteiger partial charge on any atom is 0.321 e. The van der Waals surface area contributed by atoms with E-state index >= 15 is 0 Å². The summed E-state index contributed by atoms with van der Waals surface area (Å²) in [7, 11) is 0. The first-order valence-electron chi connectivity index (χ1n) is 4.48. The van der Waals surface area contributed by atoms with Gasteiger partial charge in [-0.1, -0.05) is 0 Å². The average molecular weight is 305 g/mol. The first kappa shape index (κ1) is 11.3. The number of aromatic nitrogens is 3. The summed E-state index contributed by atoms with van der Waals surface area (Å²) >= 11 is 9.07. The highest BCUT2D eigenvalue weighted by Gasteiger charge is 2.13. The molecular weight excluding hydrogens is 297 g/mol. The summed E-state index contributed by atoms with van der Waals surface area (Å²) in [5.41, 5.74) is 0. The summed E-state index contributed by atoms with van der Waals surface area (Å²) in [6, 6.07) is 1.92. The highest BCUT2D eigenvalue weighted by atomic mass is 79.9. The van der Waals surface area contributed by atoms with Crippen LogP contribution < -0.4 is 4.74 Å². The van der Waals surface area contributed by atoms with E-state index in [1.165, 1.54) is 6.26 Å². The number of nitrogens with zero attached hydrogens (tertiary/aromatic N) is 3. The zero-order chi connectivity index (χ0) is 11.5. The zero-order valence-corrected chi connectivity index (χ0v) is 10.6. The first-order valence-corrected chi connectivity index (χ1v) is 5.65. The van der Waals surface area contributed by atoms with Crippen LogP contribution in [0, 0.1) is 0 Å². The van der Waals surface area contributed by atoms with E-state index in [1.807, 2.05) is 6.92 Å². The number of hydrogen-bond acceptors (Lipinski definition) is 5. The molecule has 0 unspecified atom stereocenters. The van der Waals surface area contributed by atoms with Crippen LogP contribution in [0.2, 0.25) is 5.28 Å². The molecule has 0 bridgehead atoms. The Morgan fingerprint density at radius 1 is 1.44 bits per heavy atom. The summed E-state index contributed by atoms with van der Waals surface area (Å²) < 4.78 is 11.1. The van der Waals surface area contributed by atoms with E-state index in [2.05, 4.69) is 30.9 Å². The van der Waals surface area contributed by atoms with E-state index in [4.69, 9.17) is 20.8 Å². The van der Waals surface area contributed by atoms with Gasteiger partial charge in [0.05, 0.1) is 17.3 Å². The van der Waals surface area contributed by atoms with Gasteiger partial charge in [0, 0.05) is 0 Å². The molecule has 0 aliphatic rings. The lowest BCUT2D eigenvalue weighted by atomic mass is 10.4. The van der Waals surface area contributed by atoms with Crippen LogP contribution in [0.5, 0.6) is 6.01 Å².